The highest BCUT2D eigenvalue weighted by atomic mass is 19.1. The number of benzene rings is 1. The van der Waals surface area contributed by atoms with Gasteiger partial charge >= 0.3 is 0 Å². The largest absolute Gasteiger partial charge is 0.508 e. The number of hydrogen-bond donors (Lipinski definition) is 2. The lowest BCUT2D eigenvalue weighted by Gasteiger charge is -2.35. The molecule has 1 aromatic rings. The van der Waals surface area contributed by atoms with Crippen LogP contribution in [-0.2, 0) is 6.42 Å². The molecule has 0 bridgehead atoms. The predicted octanol–water partition coefficient (Wildman–Crippen LogP) is 2.27. The summed E-state index contributed by atoms with van der Waals surface area (Å²) in [6.07, 6.45) is 1.24. The number of aromatic hydroxyl groups is 1. The number of alkyl halides is 1. The smallest absolute Gasteiger partial charge is 0.115 e. The Morgan fingerprint density at radius 1 is 1.56 bits per heavy atom. The number of hydrogen-bond acceptors (Lipinski definition) is 2. The van der Waals surface area contributed by atoms with Gasteiger partial charge in [0.05, 0.1) is 0 Å². The number of rotatable bonds is 2. The highest BCUT2D eigenvalue weighted by Gasteiger charge is 2.36. The first-order chi connectivity index (χ1) is 7.58. The van der Waals surface area contributed by atoms with Gasteiger partial charge in [0.1, 0.15) is 11.4 Å². The molecule has 0 amide bonds. The Balaban J connectivity index is 2.08. The summed E-state index contributed by atoms with van der Waals surface area (Å²) in [7, 11) is 0. The second kappa shape index (κ2) is 4.42. The van der Waals surface area contributed by atoms with E-state index in [0.29, 0.717) is 19.4 Å². The van der Waals surface area contributed by atoms with Crippen LogP contribution in [0.3, 0.4) is 0 Å². The summed E-state index contributed by atoms with van der Waals surface area (Å²) in [5.74, 6) is 0.241. The first kappa shape index (κ1) is 11.4. The van der Waals surface area contributed by atoms with Gasteiger partial charge in [-0.1, -0.05) is 12.1 Å². The van der Waals surface area contributed by atoms with Crippen molar-refractivity contribution in [3.05, 3.63) is 29.8 Å². The molecule has 0 spiro atoms. The van der Waals surface area contributed by atoms with Crippen LogP contribution in [-0.4, -0.2) is 23.9 Å². The standard InChI is InChI=1S/C13H18FNO/c1-13(14)5-6-15-9-11(13)7-10-3-2-4-12(16)8-10/h2-4,8,11,15-16H,5-7,9H2,1H3. The predicted molar refractivity (Wildman–Crippen MR) is 62.3 cm³/mol. The van der Waals surface area contributed by atoms with Crippen molar-refractivity contribution < 1.29 is 9.50 Å². The van der Waals surface area contributed by atoms with Crippen molar-refractivity contribution >= 4 is 0 Å². The Bertz CT molecular complexity index is 365. The minimum Gasteiger partial charge on any atom is -0.508 e. The summed E-state index contributed by atoms with van der Waals surface area (Å²) >= 11 is 0. The van der Waals surface area contributed by atoms with Crippen LogP contribution in [0.25, 0.3) is 0 Å². The van der Waals surface area contributed by atoms with E-state index in [9.17, 15) is 9.50 Å². The van der Waals surface area contributed by atoms with Crippen molar-refractivity contribution in [2.45, 2.75) is 25.4 Å². The SMILES string of the molecule is CC1(F)CCNCC1Cc1cccc(O)c1. The lowest BCUT2D eigenvalue weighted by Crippen LogP contribution is -2.46. The molecular weight excluding hydrogens is 205 g/mol. The molecule has 16 heavy (non-hydrogen) atoms. The van der Waals surface area contributed by atoms with E-state index in [4.69, 9.17) is 0 Å². The number of halogens is 1. The van der Waals surface area contributed by atoms with Gasteiger partial charge in [-0.3, -0.25) is 0 Å². The van der Waals surface area contributed by atoms with Gasteiger partial charge in [-0.2, -0.15) is 0 Å². The zero-order chi connectivity index (χ0) is 11.6. The van der Waals surface area contributed by atoms with Crippen molar-refractivity contribution in [3.8, 4) is 5.75 Å². The van der Waals surface area contributed by atoms with E-state index in [1.54, 1.807) is 25.1 Å². The molecule has 2 unspecified atom stereocenters. The maximum atomic E-state index is 14.2. The normalized spacial score (nSPS) is 30.2. The molecule has 1 fully saturated rings. The van der Waals surface area contributed by atoms with Crippen LogP contribution in [0, 0.1) is 5.92 Å². The van der Waals surface area contributed by atoms with Crippen molar-refractivity contribution in [2.75, 3.05) is 13.1 Å². The van der Waals surface area contributed by atoms with Crippen LogP contribution >= 0.6 is 0 Å². The highest BCUT2D eigenvalue weighted by Crippen LogP contribution is 2.31. The maximum absolute atomic E-state index is 14.2. The van der Waals surface area contributed by atoms with Crippen molar-refractivity contribution in [1.82, 2.24) is 5.32 Å². The van der Waals surface area contributed by atoms with Gasteiger partial charge in [-0.05, 0) is 44.0 Å². The van der Waals surface area contributed by atoms with E-state index >= 15 is 0 Å². The highest BCUT2D eigenvalue weighted by molar-refractivity contribution is 5.27. The van der Waals surface area contributed by atoms with Crippen molar-refractivity contribution in [2.24, 2.45) is 5.92 Å². The summed E-state index contributed by atoms with van der Waals surface area (Å²) in [6, 6.07) is 7.09. The third-order valence-electron chi connectivity index (χ3n) is 3.43. The number of phenols is 1. The average molecular weight is 223 g/mol. The lowest BCUT2D eigenvalue weighted by atomic mass is 9.81. The molecule has 2 nitrogen and oxygen atoms in total. The number of phenolic OH excluding ortho intramolecular Hbond substituents is 1. The minimum absolute atomic E-state index is 0.0111. The molecule has 0 aromatic heterocycles. The zero-order valence-electron chi connectivity index (χ0n) is 9.54. The Morgan fingerprint density at radius 2 is 2.38 bits per heavy atom. The fourth-order valence-electron chi connectivity index (χ4n) is 2.28. The van der Waals surface area contributed by atoms with Gasteiger partial charge < -0.3 is 10.4 Å². The van der Waals surface area contributed by atoms with Gasteiger partial charge in [0, 0.05) is 12.5 Å². The summed E-state index contributed by atoms with van der Waals surface area (Å²) in [6.45, 7) is 3.15. The molecule has 1 heterocycles. The summed E-state index contributed by atoms with van der Waals surface area (Å²) in [4.78, 5) is 0. The molecule has 2 rings (SSSR count). The lowest BCUT2D eigenvalue weighted by molar-refractivity contribution is 0.0676. The molecule has 1 aliphatic rings. The fourth-order valence-corrected chi connectivity index (χ4v) is 2.28. The summed E-state index contributed by atoms with van der Waals surface area (Å²) < 4.78 is 14.2. The molecule has 1 aliphatic heterocycles. The van der Waals surface area contributed by atoms with E-state index in [-0.39, 0.29) is 11.7 Å². The molecule has 2 atom stereocenters. The molecule has 3 heteroatoms. The monoisotopic (exact) mass is 223 g/mol. The van der Waals surface area contributed by atoms with E-state index in [1.165, 1.54) is 0 Å². The van der Waals surface area contributed by atoms with Crippen LogP contribution in [0.4, 0.5) is 4.39 Å². The second-order valence-corrected chi connectivity index (χ2v) is 4.80. The van der Waals surface area contributed by atoms with E-state index < -0.39 is 5.67 Å². The zero-order valence-corrected chi connectivity index (χ0v) is 9.54. The van der Waals surface area contributed by atoms with Crippen LogP contribution in [0.2, 0.25) is 0 Å². The van der Waals surface area contributed by atoms with Gasteiger partial charge in [-0.25, -0.2) is 4.39 Å². The Labute approximate surface area is 95.5 Å². The maximum Gasteiger partial charge on any atom is 0.115 e. The third-order valence-corrected chi connectivity index (χ3v) is 3.43. The molecule has 88 valence electrons. The Hall–Kier alpha value is -1.09. The van der Waals surface area contributed by atoms with Crippen LogP contribution < -0.4 is 5.32 Å². The molecular formula is C13H18FNO. The fraction of sp³-hybridized carbons (Fsp3) is 0.538. The molecule has 1 saturated heterocycles. The summed E-state index contributed by atoms with van der Waals surface area (Å²) in [5, 5.41) is 12.6. The first-order valence-corrected chi connectivity index (χ1v) is 5.75. The van der Waals surface area contributed by atoms with Crippen LogP contribution in [0.5, 0.6) is 5.75 Å². The minimum atomic E-state index is -1.10. The van der Waals surface area contributed by atoms with Crippen molar-refractivity contribution in [1.29, 1.82) is 0 Å². The molecule has 0 aliphatic carbocycles. The Morgan fingerprint density at radius 3 is 3.06 bits per heavy atom. The van der Waals surface area contributed by atoms with Crippen LogP contribution in [0.15, 0.2) is 24.3 Å². The molecule has 0 saturated carbocycles. The van der Waals surface area contributed by atoms with Gasteiger partial charge in [-0.15, -0.1) is 0 Å². The number of nitrogens with one attached hydrogen (secondary N) is 1. The summed E-state index contributed by atoms with van der Waals surface area (Å²) in [5.41, 5.74) is -0.103. The molecule has 2 N–H and O–H groups in total. The first-order valence-electron chi connectivity index (χ1n) is 5.75. The van der Waals surface area contributed by atoms with E-state index in [2.05, 4.69) is 5.32 Å². The molecule has 0 radical (unpaired) electrons. The van der Waals surface area contributed by atoms with E-state index in [0.717, 1.165) is 12.1 Å². The number of piperidine rings is 1. The average Bonchev–Trinajstić information content (AvgIpc) is 2.21. The molecule has 1 aromatic carbocycles. The topological polar surface area (TPSA) is 32.3 Å². The van der Waals surface area contributed by atoms with E-state index in [1.807, 2.05) is 6.07 Å². The van der Waals surface area contributed by atoms with Crippen molar-refractivity contribution in [3.63, 3.8) is 0 Å². The third kappa shape index (κ3) is 2.53. The van der Waals surface area contributed by atoms with Gasteiger partial charge in [0.15, 0.2) is 0 Å². The Kier molecular flexibility index (Phi) is 3.15. The quantitative estimate of drug-likeness (QED) is 0.806. The van der Waals surface area contributed by atoms with Gasteiger partial charge in [0.2, 0.25) is 0 Å². The van der Waals surface area contributed by atoms with Gasteiger partial charge in [0.25, 0.3) is 0 Å². The van der Waals surface area contributed by atoms with Crippen LogP contribution in [0.1, 0.15) is 18.9 Å². The second-order valence-electron chi connectivity index (χ2n) is 4.80.